The van der Waals surface area contributed by atoms with Gasteiger partial charge in [-0.25, -0.2) is 9.97 Å². The minimum atomic E-state index is -0.805. The Morgan fingerprint density at radius 3 is 2.85 bits per heavy atom. The molecule has 2 heterocycles. The van der Waals surface area contributed by atoms with Crippen LogP contribution in [-0.4, -0.2) is 60.2 Å². The summed E-state index contributed by atoms with van der Waals surface area (Å²) in [7, 11) is 3.15. The molecule has 1 saturated heterocycles. The SMILES string of the molecule is CNC(=O)[C@@]1(C)CN(Cc2cnc(OC)nc2)CCO1. The lowest BCUT2D eigenvalue weighted by Gasteiger charge is -2.38. The molecule has 1 aliphatic heterocycles. The third kappa shape index (κ3) is 3.23. The number of aromatic nitrogens is 2. The molecule has 1 atom stereocenters. The van der Waals surface area contributed by atoms with Crippen molar-refractivity contribution in [3.05, 3.63) is 18.0 Å². The largest absolute Gasteiger partial charge is 0.467 e. The van der Waals surface area contributed by atoms with E-state index in [1.165, 1.54) is 7.11 Å². The first-order chi connectivity index (χ1) is 9.57. The Kier molecular flexibility index (Phi) is 4.51. The smallest absolute Gasteiger partial charge is 0.316 e. The molecule has 1 fully saturated rings. The van der Waals surface area contributed by atoms with Crippen LogP contribution in [0.5, 0.6) is 6.01 Å². The number of likely N-dealkylation sites (N-methyl/N-ethyl adjacent to an activating group) is 1. The van der Waals surface area contributed by atoms with Gasteiger partial charge in [-0.2, -0.15) is 0 Å². The molecule has 0 radical (unpaired) electrons. The zero-order valence-electron chi connectivity index (χ0n) is 12.0. The van der Waals surface area contributed by atoms with Crippen LogP contribution in [0.4, 0.5) is 0 Å². The summed E-state index contributed by atoms with van der Waals surface area (Å²) >= 11 is 0. The van der Waals surface area contributed by atoms with Gasteiger partial charge in [0.15, 0.2) is 5.60 Å². The highest BCUT2D eigenvalue weighted by molar-refractivity contribution is 5.84. The van der Waals surface area contributed by atoms with Crippen molar-refractivity contribution in [1.29, 1.82) is 0 Å². The molecule has 20 heavy (non-hydrogen) atoms. The van der Waals surface area contributed by atoms with Gasteiger partial charge in [-0.1, -0.05) is 0 Å². The molecule has 7 nitrogen and oxygen atoms in total. The van der Waals surface area contributed by atoms with Gasteiger partial charge in [-0.05, 0) is 6.92 Å². The summed E-state index contributed by atoms with van der Waals surface area (Å²) in [5.41, 5.74) is 0.173. The van der Waals surface area contributed by atoms with Gasteiger partial charge in [0, 0.05) is 44.6 Å². The fourth-order valence-electron chi connectivity index (χ4n) is 2.28. The molecular formula is C13H20N4O3. The van der Waals surface area contributed by atoms with Crippen molar-refractivity contribution in [1.82, 2.24) is 20.2 Å². The summed E-state index contributed by atoms with van der Waals surface area (Å²) in [6.45, 7) is 4.33. The van der Waals surface area contributed by atoms with Crippen LogP contribution in [-0.2, 0) is 16.1 Å². The molecular weight excluding hydrogens is 260 g/mol. The average molecular weight is 280 g/mol. The molecule has 0 bridgehead atoms. The van der Waals surface area contributed by atoms with Crippen molar-refractivity contribution >= 4 is 5.91 Å². The molecule has 0 spiro atoms. The predicted octanol–water partition coefficient (Wildman–Crippen LogP) is -0.178. The van der Waals surface area contributed by atoms with Crippen LogP contribution in [0.3, 0.4) is 0 Å². The minimum Gasteiger partial charge on any atom is -0.467 e. The average Bonchev–Trinajstić information content (AvgIpc) is 2.47. The zero-order chi connectivity index (χ0) is 14.6. The van der Waals surface area contributed by atoms with E-state index >= 15 is 0 Å². The standard InChI is InChI=1S/C13H20N4O3/c1-13(11(18)14-2)9-17(4-5-20-13)8-10-6-15-12(19-3)16-7-10/h6-7H,4-5,8-9H2,1-3H3,(H,14,18)/t13-/m1/s1. The lowest BCUT2D eigenvalue weighted by Crippen LogP contribution is -2.57. The number of carbonyl (C=O) groups excluding carboxylic acids is 1. The first kappa shape index (κ1) is 14.7. The van der Waals surface area contributed by atoms with E-state index < -0.39 is 5.60 Å². The van der Waals surface area contributed by atoms with Crippen LogP contribution in [0.1, 0.15) is 12.5 Å². The van der Waals surface area contributed by atoms with E-state index in [9.17, 15) is 4.79 Å². The maximum Gasteiger partial charge on any atom is 0.316 e. The summed E-state index contributed by atoms with van der Waals surface area (Å²) in [6, 6.07) is 0.353. The Morgan fingerprint density at radius 1 is 1.55 bits per heavy atom. The highest BCUT2D eigenvalue weighted by Gasteiger charge is 2.38. The van der Waals surface area contributed by atoms with Crippen molar-refractivity contribution in [2.45, 2.75) is 19.1 Å². The van der Waals surface area contributed by atoms with E-state index in [0.29, 0.717) is 25.7 Å². The van der Waals surface area contributed by atoms with Crippen LogP contribution < -0.4 is 10.1 Å². The molecule has 0 aliphatic carbocycles. The molecule has 1 amide bonds. The van der Waals surface area contributed by atoms with Crippen molar-refractivity contribution in [3.63, 3.8) is 0 Å². The van der Waals surface area contributed by atoms with E-state index in [2.05, 4.69) is 20.2 Å². The van der Waals surface area contributed by atoms with Gasteiger partial charge < -0.3 is 14.8 Å². The van der Waals surface area contributed by atoms with Gasteiger partial charge in [0.2, 0.25) is 0 Å². The van der Waals surface area contributed by atoms with Crippen molar-refractivity contribution in [3.8, 4) is 6.01 Å². The number of nitrogens with one attached hydrogen (secondary N) is 1. The number of morpholine rings is 1. The first-order valence-corrected chi connectivity index (χ1v) is 6.51. The van der Waals surface area contributed by atoms with Gasteiger partial charge in [-0.3, -0.25) is 9.69 Å². The van der Waals surface area contributed by atoms with E-state index in [1.54, 1.807) is 19.4 Å². The van der Waals surface area contributed by atoms with Gasteiger partial charge in [0.1, 0.15) is 0 Å². The summed E-state index contributed by atoms with van der Waals surface area (Å²) in [5, 5.41) is 2.64. The molecule has 2 rings (SSSR count). The molecule has 1 aliphatic rings. The van der Waals surface area contributed by atoms with Crippen molar-refractivity contribution in [2.75, 3.05) is 33.9 Å². The van der Waals surface area contributed by atoms with Crippen LogP contribution in [0, 0.1) is 0 Å². The maximum absolute atomic E-state index is 11.9. The van der Waals surface area contributed by atoms with Gasteiger partial charge in [0.05, 0.1) is 13.7 Å². The lowest BCUT2D eigenvalue weighted by atomic mass is 10.0. The maximum atomic E-state index is 11.9. The Labute approximate surface area is 118 Å². The number of hydrogen-bond acceptors (Lipinski definition) is 6. The number of nitrogens with zero attached hydrogens (tertiary/aromatic N) is 3. The molecule has 7 heteroatoms. The van der Waals surface area contributed by atoms with E-state index in [4.69, 9.17) is 9.47 Å². The van der Waals surface area contributed by atoms with Gasteiger partial charge >= 0.3 is 6.01 Å². The fourth-order valence-corrected chi connectivity index (χ4v) is 2.28. The summed E-state index contributed by atoms with van der Waals surface area (Å²) in [5.74, 6) is -0.104. The van der Waals surface area contributed by atoms with E-state index in [-0.39, 0.29) is 5.91 Å². The summed E-state index contributed by atoms with van der Waals surface area (Å²) in [6.07, 6.45) is 3.47. The Bertz CT molecular complexity index is 465. The van der Waals surface area contributed by atoms with Crippen LogP contribution in [0.2, 0.25) is 0 Å². The number of amides is 1. The second-order valence-electron chi connectivity index (χ2n) is 4.95. The van der Waals surface area contributed by atoms with E-state index in [1.807, 2.05) is 6.92 Å². The third-order valence-electron chi connectivity index (χ3n) is 3.33. The van der Waals surface area contributed by atoms with Crippen molar-refractivity contribution < 1.29 is 14.3 Å². The van der Waals surface area contributed by atoms with E-state index in [0.717, 1.165) is 12.1 Å². The van der Waals surface area contributed by atoms with Gasteiger partial charge in [-0.15, -0.1) is 0 Å². The third-order valence-corrected chi connectivity index (χ3v) is 3.33. The lowest BCUT2D eigenvalue weighted by molar-refractivity contribution is -0.156. The minimum absolute atomic E-state index is 0.104. The molecule has 1 N–H and O–H groups in total. The number of hydrogen-bond donors (Lipinski definition) is 1. The molecule has 1 aromatic heterocycles. The Hall–Kier alpha value is -1.73. The number of rotatable bonds is 4. The van der Waals surface area contributed by atoms with Gasteiger partial charge in [0.25, 0.3) is 5.91 Å². The zero-order valence-corrected chi connectivity index (χ0v) is 12.0. The van der Waals surface area contributed by atoms with Crippen molar-refractivity contribution in [2.24, 2.45) is 0 Å². The normalized spacial score (nSPS) is 23.4. The molecule has 110 valence electrons. The second-order valence-corrected chi connectivity index (χ2v) is 4.95. The first-order valence-electron chi connectivity index (χ1n) is 6.51. The molecule has 0 unspecified atom stereocenters. The number of methoxy groups -OCH3 is 1. The topological polar surface area (TPSA) is 76.6 Å². The summed E-state index contributed by atoms with van der Waals surface area (Å²) < 4.78 is 10.5. The molecule has 1 aromatic rings. The molecule has 0 aromatic carbocycles. The second kappa shape index (κ2) is 6.15. The fraction of sp³-hybridized carbons (Fsp3) is 0.615. The predicted molar refractivity (Wildman–Crippen MR) is 72.3 cm³/mol. The Morgan fingerprint density at radius 2 is 2.25 bits per heavy atom. The molecule has 0 saturated carbocycles. The monoisotopic (exact) mass is 280 g/mol. The number of ether oxygens (including phenoxy) is 2. The van der Waals surface area contributed by atoms with Crippen LogP contribution >= 0.6 is 0 Å². The summed E-state index contributed by atoms with van der Waals surface area (Å²) in [4.78, 5) is 22.2. The number of carbonyl (C=O) groups is 1. The Balaban J connectivity index is 2.00. The highest BCUT2D eigenvalue weighted by Crippen LogP contribution is 2.19. The highest BCUT2D eigenvalue weighted by atomic mass is 16.5. The van der Waals surface area contributed by atoms with Crippen LogP contribution in [0.25, 0.3) is 0 Å². The quantitative estimate of drug-likeness (QED) is 0.824. The van der Waals surface area contributed by atoms with Crippen LogP contribution in [0.15, 0.2) is 12.4 Å².